The maximum absolute atomic E-state index is 13.3. The smallest absolute Gasteiger partial charge is 0.328 e. The lowest BCUT2D eigenvalue weighted by molar-refractivity contribution is -0.129. The van der Waals surface area contributed by atoms with Crippen LogP contribution in [0.2, 0.25) is 0 Å². The minimum absolute atomic E-state index is 0.0343. The Morgan fingerprint density at radius 3 is 2.19 bits per heavy atom. The van der Waals surface area contributed by atoms with Gasteiger partial charge in [0.05, 0.1) is 6.54 Å². The van der Waals surface area contributed by atoms with Gasteiger partial charge in [-0.15, -0.1) is 0 Å². The quantitative estimate of drug-likeness (QED) is 0.471. The summed E-state index contributed by atoms with van der Waals surface area (Å²) < 4.78 is 6.52. The van der Waals surface area contributed by atoms with E-state index in [2.05, 4.69) is 15.9 Å². The number of nitrogens with zero attached hydrogens (tertiary/aromatic N) is 2. The van der Waals surface area contributed by atoms with Crippen LogP contribution in [0.1, 0.15) is 17.2 Å². The van der Waals surface area contributed by atoms with E-state index >= 15 is 0 Å². The van der Waals surface area contributed by atoms with Gasteiger partial charge >= 0.3 is 6.03 Å². The van der Waals surface area contributed by atoms with Gasteiger partial charge in [-0.25, -0.2) is 4.79 Å². The number of rotatable bonds is 8. The van der Waals surface area contributed by atoms with Gasteiger partial charge in [-0.3, -0.25) is 9.69 Å². The lowest BCUT2D eigenvalue weighted by Gasteiger charge is -2.22. The second-order valence-corrected chi connectivity index (χ2v) is 8.49. The Morgan fingerprint density at radius 1 is 0.906 bits per heavy atom. The summed E-state index contributed by atoms with van der Waals surface area (Å²) in [5.74, 6) is 0.249. The summed E-state index contributed by atoms with van der Waals surface area (Å²) in [6, 6.07) is 24.8. The van der Waals surface area contributed by atoms with Crippen LogP contribution < -0.4 is 4.74 Å². The van der Waals surface area contributed by atoms with E-state index < -0.39 is 18.2 Å². The summed E-state index contributed by atoms with van der Waals surface area (Å²) in [5.41, 5.74) is 1.67. The fourth-order valence-corrected chi connectivity index (χ4v) is 3.96. The van der Waals surface area contributed by atoms with Gasteiger partial charge in [-0.05, 0) is 35.4 Å². The number of ether oxygens (including phenoxy) is 1. The van der Waals surface area contributed by atoms with E-state index in [0.29, 0.717) is 12.3 Å². The Kier molecular flexibility index (Phi) is 6.87. The van der Waals surface area contributed by atoms with Crippen molar-refractivity contribution in [3.05, 3.63) is 101 Å². The van der Waals surface area contributed by atoms with Crippen molar-refractivity contribution in [2.24, 2.45) is 0 Å². The highest BCUT2D eigenvalue weighted by molar-refractivity contribution is 9.10. The van der Waals surface area contributed by atoms with Crippen LogP contribution in [0.4, 0.5) is 4.79 Å². The van der Waals surface area contributed by atoms with E-state index in [1.54, 1.807) is 17.0 Å². The molecule has 1 saturated heterocycles. The van der Waals surface area contributed by atoms with Crippen molar-refractivity contribution >= 4 is 27.9 Å². The molecule has 0 spiro atoms. The third kappa shape index (κ3) is 5.00. The molecule has 6 nitrogen and oxygen atoms in total. The highest BCUT2D eigenvalue weighted by Gasteiger charge is 2.46. The molecule has 0 aliphatic carbocycles. The first kappa shape index (κ1) is 22.0. The topological polar surface area (TPSA) is 70.1 Å². The number of aliphatic hydroxyl groups excluding tert-OH is 1. The molecule has 0 aromatic heterocycles. The normalized spacial score (nSPS) is 17.0. The van der Waals surface area contributed by atoms with E-state index in [-0.39, 0.29) is 19.1 Å². The fourth-order valence-electron chi connectivity index (χ4n) is 3.69. The number of aliphatic hydroxyl groups is 1. The zero-order valence-corrected chi connectivity index (χ0v) is 18.9. The van der Waals surface area contributed by atoms with Crippen LogP contribution in [0.3, 0.4) is 0 Å². The minimum atomic E-state index is -1.01. The SMILES string of the molecule is O=C1C(c2ccccc2)N(Cc2ccccc2)C(=O)N1CC(O)COc1ccc(Br)cc1. The molecule has 0 radical (unpaired) electrons. The Bertz CT molecular complexity index is 1060. The number of benzene rings is 3. The molecule has 1 heterocycles. The van der Waals surface area contributed by atoms with Crippen molar-refractivity contribution in [3.8, 4) is 5.75 Å². The number of urea groups is 1. The monoisotopic (exact) mass is 494 g/mol. The largest absolute Gasteiger partial charge is 0.491 e. The van der Waals surface area contributed by atoms with Crippen LogP contribution in [0.25, 0.3) is 0 Å². The number of hydrogen-bond donors (Lipinski definition) is 1. The van der Waals surface area contributed by atoms with Crippen LogP contribution in [-0.4, -0.2) is 46.1 Å². The first-order valence-electron chi connectivity index (χ1n) is 10.3. The van der Waals surface area contributed by atoms with Crippen molar-refractivity contribution < 1.29 is 19.4 Å². The van der Waals surface area contributed by atoms with Gasteiger partial charge in [0.25, 0.3) is 5.91 Å². The highest BCUT2D eigenvalue weighted by Crippen LogP contribution is 2.32. The fraction of sp³-hybridized carbons (Fsp3) is 0.200. The summed E-state index contributed by atoms with van der Waals surface area (Å²) in [4.78, 5) is 29.2. The second-order valence-electron chi connectivity index (χ2n) is 7.58. The van der Waals surface area contributed by atoms with Gasteiger partial charge < -0.3 is 14.7 Å². The van der Waals surface area contributed by atoms with E-state index in [0.717, 1.165) is 20.5 Å². The molecule has 2 atom stereocenters. The standard InChI is InChI=1S/C25H23BrN2O4/c26-20-11-13-22(14-12-20)32-17-21(29)16-28-24(30)23(19-9-5-2-6-10-19)27(25(28)31)15-18-7-3-1-4-8-18/h1-14,21,23,29H,15-17H2. The average Bonchev–Trinajstić information content (AvgIpc) is 3.04. The summed E-state index contributed by atoms with van der Waals surface area (Å²) in [5, 5.41) is 10.5. The van der Waals surface area contributed by atoms with Crippen molar-refractivity contribution in [1.29, 1.82) is 0 Å². The molecular formula is C25H23BrN2O4. The molecule has 1 aliphatic rings. The van der Waals surface area contributed by atoms with Crippen LogP contribution in [0.5, 0.6) is 5.75 Å². The molecule has 1 fully saturated rings. The summed E-state index contributed by atoms with van der Waals surface area (Å²) >= 11 is 3.36. The van der Waals surface area contributed by atoms with Gasteiger partial charge in [0.1, 0.15) is 24.5 Å². The van der Waals surface area contributed by atoms with Gasteiger partial charge in [0.15, 0.2) is 0 Å². The van der Waals surface area contributed by atoms with Crippen molar-refractivity contribution in [2.75, 3.05) is 13.2 Å². The summed E-state index contributed by atoms with van der Waals surface area (Å²) in [7, 11) is 0. The second kappa shape index (κ2) is 9.97. The number of β-amino-alcohol motifs (C(OH)–C–C–N with tert-alkyl or cyclic N) is 1. The first-order chi connectivity index (χ1) is 15.5. The summed E-state index contributed by atoms with van der Waals surface area (Å²) in [6.45, 7) is 0.128. The lowest BCUT2D eigenvalue weighted by atomic mass is 10.1. The molecule has 1 aliphatic heterocycles. The summed E-state index contributed by atoms with van der Waals surface area (Å²) in [6.07, 6.45) is -1.01. The number of halogens is 1. The predicted octanol–water partition coefficient (Wildman–Crippen LogP) is 4.39. The molecule has 4 rings (SSSR count). The Balaban J connectivity index is 1.49. The zero-order chi connectivity index (χ0) is 22.5. The highest BCUT2D eigenvalue weighted by atomic mass is 79.9. The number of imide groups is 1. The van der Waals surface area contributed by atoms with Crippen LogP contribution in [0, 0.1) is 0 Å². The molecule has 0 bridgehead atoms. The molecular weight excluding hydrogens is 472 g/mol. The predicted molar refractivity (Wildman–Crippen MR) is 124 cm³/mol. The molecule has 0 saturated carbocycles. The number of hydrogen-bond acceptors (Lipinski definition) is 4. The van der Waals surface area contributed by atoms with Crippen LogP contribution >= 0.6 is 15.9 Å². The van der Waals surface area contributed by atoms with Crippen molar-refractivity contribution in [3.63, 3.8) is 0 Å². The molecule has 3 aromatic rings. The van der Waals surface area contributed by atoms with Gasteiger partial charge in [-0.1, -0.05) is 76.6 Å². The first-order valence-corrected chi connectivity index (χ1v) is 11.1. The van der Waals surface area contributed by atoms with Crippen molar-refractivity contribution in [1.82, 2.24) is 9.80 Å². The number of carbonyl (C=O) groups is 2. The minimum Gasteiger partial charge on any atom is -0.491 e. The van der Waals surface area contributed by atoms with Gasteiger partial charge in [-0.2, -0.15) is 0 Å². The van der Waals surface area contributed by atoms with E-state index in [4.69, 9.17) is 4.74 Å². The third-order valence-corrected chi connectivity index (χ3v) is 5.78. The molecule has 1 N–H and O–H groups in total. The molecule has 3 amide bonds. The Hall–Kier alpha value is -3.16. The molecule has 2 unspecified atom stereocenters. The molecule has 3 aromatic carbocycles. The number of carbonyl (C=O) groups excluding carboxylic acids is 2. The van der Waals surface area contributed by atoms with Gasteiger partial charge in [0, 0.05) is 11.0 Å². The maximum Gasteiger partial charge on any atom is 0.328 e. The third-order valence-electron chi connectivity index (χ3n) is 5.25. The van der Waals surface area contributed by atoms with E-state index in [1.807, 2.05) is 72.8 Å². The Morgan fingerprint density at radius 2 is 1.53 bits per heavy atom. The zero-order valence-electron chi connectivity index (χ0n) is 17.3. The lowest BCUT2D eigenvalue weighted by Crippen LogP contribution is -2.40. The van der Waals surface area contributed by atoms with E-state index in [1.165, 1.54) is 0 Å². The Labute approximate surface area is 195 Å². The molecule has 7 heteroatoms. The molecule has 164 valence electrons. The molecule has 32 heavy (non-hydrogen) atoms. The van der Waals surface area contributed by atoms with Crippen molar-refractivity contribution in [2.45, 2.75) is 18.7 Å². The average molecular weight is 495 g/mol. The van der Waals surface area contributed by atoms with Crippen LogP contribution in [0.15, 0.2) is 89.4 Å². The van der Waals surface area contributed by atoms with Gasteiger partial charge in [0.2, 0.25) is 0 Å². The van der Waals surface area contributed by atoms with Crippen LogP contribution in [-0.2, 0) is 11.3 Å². The maximum atomic E-state index is 13.3. The van der Waals surface area contributed by atoms with E-state index in [9.17, 15) is 14.7 Å². The number of amides is 3.